The van der Waals surface area contributed by atoms with E-state index in [0.717, 1.165) is 37.7 Å². The quantitative estimate of drug-likeness (QED) is 0.848. The van der Waals surface area contributed by atoms with Crippen LogP contribution >= 0.6 is 0 Å². The number of hydrogen-bond donors (Lipinski definition) is 1. The molecule has 1 unspecified atom stereocenters. The maximum Gasteiger partial charge on any atom is 0.118 e. The largest absolute Gasteiger partial charge is 0.465 e. The van der Waals surface area contributed by atoms with Crippen LogP contribution in [0.4, 0.5) is 0 Å². The minimum absolute atomic E-state index is 0.616. The van der Waals surface area contributed by atoms with Crippen LogP contribution in [0.2, 0.25) is 0 Å². The third-order valence-corrected chi connectivity index (χ3v) is 3.27. The average molecular weight is 222 g/mol. The molecule has 0 aromatic carbocycles. The van der Waals surface area contributed by atoms with Gasteiger partial charge in [0.25, 0.3) is 0 Å². The molecule has 0 spiro atoms. The standard InChI is InChI=1S/C13H22N2O/c1-10(2)13-9-15(7-6-14-13)8-12-5-4-11(3)16-12/h4-5,10,13-14H,6-9H2,1-3H3. The monoisotopic (exact) mass is 222 g/mol. The highest BCUT2D eigenvalue weighted by atomic mass is 16.3. The van der Waals surface area contributed by atoms with Gasteiger partial charge in [-0.15, -0.1) is 0 Å². The van der Waals surface area contributed by atoms with Crippen molar-refractivity contribution in [2.45, 2.75) is 33.4 Å². The van der Waals surface area contributed by atoms with E-state index in [1.807, 2.05) is 13.0 Å². The molecule has 1 saturated heterocycles. The number of piperazine rings is 1. The SMILES string of the molecule is Cc1ccc(CN2CCNC(C(C)C)C2)o1. The normalized spacial score (nSPS) is 22.9. The highest BCUT2D eigenvalue weighted by Crippen LogP contribution is 2.13. The Morgan fingerprint density at radius 1 is 1.50 bits per heavy atom. The third-order valence-electron chi connectivity index (χ3n) is 3.27. The minimum Gasteiger partial charge on any atom is -0.465 e. The van der Waals surface area contributed by atoms with Crippen LogP contribution < -0.4 is 5.32 Å². The maximum atomic E-state index is 5.62. The lowest BCUT2D eigenvalue weighted by Gasteiger charge is -2.35. The zero-order chi connectivity index (χ0) is 11.5. The molecule has 0 bridgehead atoms. The Morgan fingerprint density at radius 2 is 2.31 bits per heavy atom. The smallest absolute Gasteiger partial charge is 0.118 e. The van der Waals surface area contributed by atoms with Gasteiger partial charge in [-0.25, -0.2) is 0 Å². The Bertz CT molecular complexity index is 332. The minimum atomic E-state index is 0.616. The molecule has 1 N–H and O–H groups in total. The molecule has 0 radical (unpaired) electrons. The molecule has 1 atom stereocenters. The second-order valence-electron chi connectivity index (χ2n) is 5.05. The molecule has 3 heteroatoms. The van der Waals surface area contributed by atoms with Crippen molar-refractivity contribution in [2.24, 2.45) is 5.92 Å². The van der Waals surface area contributed by atoms with Gasteiger partial charge in [-0.3, -0.25) is 4.90 Å². The molecule has 0 amide bonds. The second kappa shape index (κ2) is 5.02. The van der Waals surface area contributed by atoms with Gasteiger partial charge in [0.05, 0.1) is 6.54 Å². The number of aryl methyl sites for hydroxylation is 1. The van der Waals surface area contributed by atoms with Gasteiger partial charge in [0.15, 0.2) is 0 Å². The summed E-state index contributed by atoms with van der Waals surface area (Å²) in [4.78, 5) is 2.47. The van der Waals surface area contributed by atoms with E-state index in [2.05, 4.69) is 30.1 Å². The second-order valence-corrected chi connectivity index (χ2v) is 5.05. The van der Waals surface area contributed by atoms with Crippen LogP contribution in [0.5, 0.6) is 0 Å². The summed E-state index contributed by atoms with van der Waals surface area (Å²) < 4.78 is 5.62. The fraction of sp³-hybridized carbons (Fsp3) is 0.692. The molecule has 1 aliphatic heterocycles. The molecule has 2 rings (SSSR count). The van der Waals surface area contributed by atoms with Gasteiger partial charge in [0.1, 0.15) is 11.5 Å². The summed E-state index contributed by atoms with van der Waals surface area (Å²) >= 11 is 0. The molecule has 90 valence electrons. The van der Waals surface area contributed by atoms with Gasteiger partial charge in [-0.05, 0) is 25.0 Å². The van der Waals surface area contributed by atoms with E-state index in [9.17, 15) is 0 Å². The zero-order valence-electron chi connectivity index (χ0n) is 10.5. The summed E-state index contributed by atoms with van der Waals surface area (Å²) in [6.45, 7) is 10.8. The fourth-order valence-corrected chi connectivity index (χ4v) is 2.22. The summed E-state index contributed by atoms with van der Waals surface area (Å²) in [7, 11) is 0. The number of hydrogen-bond acceptors (Lipinski definition) is 3. The van der Waals surface area contributed by atoms with Gasteiger partial charge in [-0.1, -0.05) is 13.8 Å². The highest BCUT2D eigenvalue weighted by molar-refractivity contribution is 5.05. The van der Waals surface area contributed by atoms with Gasteiger partial charge in [0.2, 0.25) is 0 Å². The van der Waals surface area contributed by atoms with Gasteiger partial charge in [0, 0.05) is 25.7 Å². The first kappa shape index (κ1) is 11.7. The molecule has 1 aromatic heterocycles. The zero-order valence-corrected chi connectivity index (χ0v) is 10.5. The van der Waals surface area contributed by atoms with Crippen molar-refractivity contribution >= 4 is 0 Å². The van der Waals surface area contributed by atoms with E-state index in [-0.39, 0.29) is 0 Å². The van der Waals surface area contributed by atoms with Crippen molar-refractivity contribution in [3.8, 4) is 0 Å². The first-order valence-corrected chi connectivity index (χ1v) is 6.16. The van der Waals surface area contributed by atoms with E-state index in [4.69, 9.17) is 4.42 Å². The fourth-order valence-electron chi connectivity index (χ4n) is 2.22. The van der Waals surface area contributed by atoms with Crippen molar-refractivity contribution in [3.05, 3.63) is 23.7 Å². The average Bonchev–Trinajstić information content (AvgIpc) is 2.64. The summed E-state index contributed by atoms with van der Waals surface area (Å²) in [5.41, 5.74) is 0. The molecule has 1 fully saturated rings. The summed E-state index contributed by atoms with van der Waals surface area (Å²) in [6.07, 6.45) is 0. The van der Waals surface area contributed by atoms with Crippen LogP contribution in [0.1, 0.15) is 25.4 Å². The predicted octanol–water partition coefficient (Wildman–Crippen LogP) is 2.02. The maximum absolute atomic E-state index is 5.62. The number of nitrogens with zero attached hydrogens (tertiary/aromatic N) is 1. The van der Waals surface area contributed by atoms with Crippen molar-refractivity contribution < 1.29 is 4.42 Å². The molecule has 16 heavy (non-hydrogen) atoms. The number of furan rings is 1. The number of nitrogens with one attached hydrogen (secondary N) is 1. The molecule has 0 saturated carbocycles. The first-order chi connectivity index (χ1) is 7.65. The number of rotatable bonds is 3. The lowest BCUT2D eigenvalue weighted by atomic mass is 10.0. The Labute approximate surface area is 97.8 Å². The van der Waals surface area contributed by atoms with Crippen LogP contribution in [-0.4, -0.2) is 30.6 Å². The van der Waals surface area contributed by atoms with Crippen LogP contribution in [0, 0.1) is 12.8 Å². The molecule has 1 aromatic rings. The molecule has 2 heterocycles. The third kappa shape index (κ3) is 2.86. The summed E-state index contributed by atoms with van der Waals surface area (Å²) in [6, 6.07) is 4.74. The summed E-state index contributed by atoms with van der Waals surface area (Å²) in [5, 5.41) is 3.57. The molecular weight excluding hydrogens is 200 g/mol. The Hall–Kier alpha value is -0.800. The molecule has 1 aliphatic rings. The van der Waals surface area contributed by atoms with Crippen LogP contribution in [0.25, 0.3) is 0 Å². The highest BCUT2D eigenvalue weighted by Gasteiger charge is 2.22. The van der Waals surface area contributed by atoms with Crippen molar-refractivity contribution in [3.63, 3.8) is 0 Å². The lowest BCUT2D eigenvalue weighted by Crippen LogP contribution is -2.52. The first-order valence-electron chi connectivity index (χ1n) is 6.16. The molecular formula is C13H22N2O. The Kier molecular flexibility index (Phi) is 3.66. The van der Waals surface area contributed by atoms with E-state index in [1.165, 1.54) is 0 Å². The summed E-state index contributed by atoms with van der Waals surface area (Å²) in [5.74, 6) is 2.79. The van der Waals surface area contributed by atoms with Gasteiger partial charge in [-0.2, -0.15) is 0 Å². The van der Waals surface area contributed by atoms with Crippen LogP contribution in [0.15, 0.2) is 16.5 Å². The Balaban J connectivity index is 1.90. The predicted molar refractivity (Wildman–Crippen MR) is 65.4 cm³/mol. The van der Waals surface area contributed by atoms with Crippen LogP contribution in [0.3, 0.4) is 0 Å². The van der Waals surface area contributed by atoms with E-state index >= 15 is 0 Å². The van der Waals surface area contributed by atoms with E-state index in [0.29, 0.717) is 12.0 Å². The Morgan fingerprint density at radius 3 is 2.94 bits per heavy atom. The van der Waals surface area contributed by atoms with Gasteiger partial charge >= 0.3 is 0 Å². The van der Waals surface area contributed by atoms with E-state index < -0.39 is 0 Å². The topological polar surface area (TPSA) is 28.4 Å². The lowest BCUT2D eigenvalue weighted by molar-refractivity contribution is 0.158. The van der Waals surface area contributed by atoms with Crippen molar-refractivity contribution in [1.82, 2.24) is 10.2 Å². The molecule has 3 nitrogen and oxygen atoms in total. The van der Waals surface area contributed by atoms with Crippen LogP contribution in [-0.2, 0) is 6.54 Å². The van der Waals surface area contributed by atoms with E-state index in [1.54, 1.807) is 0 Å². The molecule has 0 aliphatic carbocycles. The van der Waals surface area contributed by atoms with Crippen molar-refractivity contribution in [1.29, 1.82) is 0 Å². The van der Waals surface area contributed by atoms with Crippen molar-refractivity contribution in [2.75, 3.05) is 19.6 Å². The van der Waals surface area contributed by atoms with Gasteiger partial charge < -0.3 is 9.73 Å².